The van der Waals surface area contributed by atoms with E-state index < -0.39 is 0 Å². The van der Waals surface area contributed by atoms with Crippen molar-refractivity contribution in [2.75, 3.05) is 6.61 Å². The fourth-order valence-corrected chi connectivity index (χ4v) is 1.91. The van der Waals surface area contributed by atoms with Crippen LogP contribution < -0.4 is 10.5 Å². The third-order valence-electron chi connectivity index (χ3n) is 2.42. The van der Waals surface area contributed by atoms with Crippen LogP contribution in [0.2, 0.25) is 0 Å². The molecule has 0 aliphatic heterocycles. The summed E-state index contributed by atoms with van der Waals surface area (Å²) in [5.74, 6) is 0.840. The number of halogens is 2. The molecular weight excluding hydrogens is 346 g/mol. The predicted molar refractivity (Wildman–Crippen MR) is 79.7 cm³/mol. The van der Waals surface area contributed by atoms with Crippen LogP contribution in [0.25, 0.3) is 0 Å². The Balaban J connectivity index is 2.75. The molecule has 0 amide bonds. The lowest BCUT2D eigenvalue weighted by Gasteiger charge is -2.12. The molecule has 0 aliphatic carbocycles. The van der Waals surface area contributed by atoms with Crippen molar-refractivity contribution in [1.82, 2.24) is 0 Å². The molecule has 1 rings (SSSR count). The Hall–Kier alpha value is -0.320. The zero-order valence-corrected chi connectivity index (χ0v) is 13.1. The molecule has 0 saturated carbocycles. The van der Waals surface area contributed by atoms with Crippen molar-refractivity contribution in [1.29, 1.82) is 0 Å². The molecule has 17 heavy (non-hydrogen) atoms. The highest BCUT2D eigenvalue weighted by molar-refractivity contribution is 9.11. The molecule has 2 N–H and O–H groups in total. The third-order valence-corrected chi connectivity index (χ3v) is 3.42. The van der Waals surface area contributed by atoms with Gasteiger partial charge in [-0.25, -0.2) is 0 Å². The Labute approximate surface area is 119 Å². The lowest BCUT2D eigenvalue weighted by atomic mass is 10.0. The van der Waals surface area contributed by atoms with Gasteiger partial charge in [0.1, 0.15) is 12.4 Å². The second-order valence-electron chi connectivity index (χ2n) is 3.93. The number of hydrogen-bond donors (Lipinski definition) is 1. The van der Waals surface area contributed by atoms with E-state index in [1.165, 1.54) is 5.56 Å². The smallest absolute Gasteiger partial charge is 0.120 e. The first-order valence-electron chi connectivity index (χ1n) is 5.53. The van der Waals surface area contributed by atoms with Gasteiger partial charge in [-0.3, -0.25) is 0 Å². The van der Waals surface area contributed by atoms with Crippen LogP contribution in [0.3, 0.4) is 0 Å². The van der Waals surface area contributed by atoms with Gasteiger partial charge >= 0.3 is 0 Å². The number of ether oxygens (including phenoxy) is 1. The number of nitrogens with two attached hydrogens (primary N) is 1. The molecule has 1 unspecified atom stereocenters. The van der Waals surface area contributed by atoms with Crippen molar-refractivity contribution in [3.8, 4) is 5.75 Å². The molecule has 1 atom stereocenters. The van der Waals surface area contributed by atoms with Crippen LogP contribution >= 0.6 is 31.9 Å². The summed E-state index contributed by atoms with van der Waals surface area (Å²) in [5.41, 5.74) is 7.14. The normalized spacial score (nSPS) is 12.2. The van der Waals surface area contributed by atoms with Crippen LogP contribution in [-0.2, 0) is 6.42 Å². The maximum Gasteiger partial charge on any atom is 0.120 e. The standard InChI is InChI=1S/C13H17Br2NO/c1-3-11(16)6-10-7-12(4-5-13(10)15)17-8-9(2)14/h4-5,7,11H,2-3,6,8,16H2,1H3. The van der Waals surface area contributed by atoms with E-state index in [0.29, 0.717) is 6.61 Å². The Bertz CT molecular complexity index is 393. The SMILES string of the molecule is C=C(Br)COc1ccc(Br)c(CC(N)CC)c1. The minimum Gasteiger partial charge on any atom is -0.488 e. The molecule has 4 heteroatoms. The van der Waals surface area contributed by atoms with Crippen molar-refractivity contribution in [2.45, 2.75) is 25.8 Å². The summed E-state index contributed by atoms with van der Waals surface area (Å²) < 4.78 is 7.47. The van der Waals surface area contributed by atoms with Crippen LogP contribution in [0, 0.1) is 0 Å². The quantitative estimate of drug-likeness (QED) is 0.829. The van der Waals surface area contributed by atoms with Crippen molar-refractivity contribution in [3.05, 3.63) is 39.3 Å². The predicted octanol–water partition coefficient (Wildman–Crippen LogP) is 4.02. The zero-order chi connectivity index (χ0) is 12.8. The highest BCUT2D eigenvalue weighted by atomic mass is 79.9. The average molecular weight is 363 g/mol. The van der Waals surface area contributed by atoms with Gasteiger partial charge in [0, 0.05) is 15.0 Å². The number of rotatable bonds is 6. The fraction of sp³-hybridized carbons (Fsp3) is 0.385. The molecule has 0 saturated heterocycles. The molecule has 0 fully saturated rings. The summed E-state index contributed by atoms with van der Waals surface area (Å²) in [6, 6.07) is 6.13. The molecule has 0 radical (unpaired) electrons. The molecule has 1 aromatic rings. The number of benzene rings is 1. The maximum atomic E-state index is 5.96. The van der Waals surface area contributed by atoms with Crippen LogP contribution in [0.1, 0.15) is 18.9 Å². The van der Waals surface area contributed by atoms with Gasteiger partial charge in [0.2, 0.25) is 0 Å². The second kappa shape index (κ2) is 7.19. The molecule has 0 aliphatic rings. The van der Waals surface area contributed by atoms with E-state index in [1.807, 2.05) is 18.2 Å². The van der Waals surface area contributed by atoms with Gasteiger partial charge < -0.3 is 10.5 Å². The topological polar surface area (TPSA) is 35.2 Å². The van der Waals surface area contributed by atoms with E-state index in [9.17, 15) is 0 Å². The van der Waals surface area contributed by atoms with Gasteiger partial charge in [0.05, 0.1) is 0 Å². The zero-order valence-electron chi connectivity index (χ0n) is 9.88. The summed E-state index contributed by atoms with van der Waals surface area (Å²) in [6.45, 7) is 6.30. The minimum atomic E-state index is 0.188. The summed E-state index contributed by atoms with van der Waals surface area (Å²) in [6.07, 6.45) is 1.82. The highest BCUT2D eigenvalue weighted by Gasteiger charge is 2.07. The first-order valence-corrected chi connectivity index (χ1v) is 7.11. The second-order valence-corrected chi connectivity index (χ2v) is 5.91. The van der Waals surface area contributed by atoms with Crippen LogP contribution in [0.5, 0.6) is 5.75 Å². The largest absolute Gasteiger partial charge is 0.488 e. The van der Waals surface area contributed by atoms with E-state index in [4.69, 9.17) is 10.5 Å². The van der Waals surface area contributed by atoms with E-state index in [2.05, 4.69) is 45.4 Å². The van der Waals surface area contributed by atoms with Crippen molar-refractivity contribution >= 4 is 31.9 Å². The molecule has 1 aromatic carbocycles. The van der Waals surface area contributed by atoms with Crippen molar-refractivity contribution in [3.63, 3.8) is 0 Å². The van der Waals surface area contributed by atoms with Gasteiger partial charge in [-0.2, -0.15) is 0 Å². The summed E-state index contributed by atoms with van der Waals surface area (Å²) in [4.78, 5) is 0. The molecule has 2 nitrogen and oxygen atoms in total. The fourth-order valence-electron chi connectivity index (χ4n) is 1.39. The summed E-state index contributed by atoms with van der Waals surface area (Å²) in [5, 5.41) is 0. The first kappa shape index (κ1) is 14.7. The van der Waals surface area contributed by atoms with E-state index in [0.717, 1.165) is 27.5 Å². The van der Waals surface area contributed by atoms with Crippen molar-refractivity contribution < 1.29 is 4.74 Å². The highest BCUT2D eigenvalue weighted by Crippen LogP contribution is 2.24. The Morgan fingerprint density at radius 3 is 2.82 bits per heavy atom. The lowest BCUT2D eigenvalue weighted by molar-refractivity contribution is 0.360. The monoisotopic (exact) mass is 361 g/mol. The van der Waals surface area contributed by atoms with Crippen LogP contribution in [0.4, 0.5) is 0 Å². The van der Waals surface area contributed by atoms with E-state index >= 15 is 0 Å². The molecule has 0 heterocycles. The lowest BCUT2D eigenvalue weighted by Crippen LogP contribution is -2.21. The first-order chi connectivity index (χ1) is 8.02. The summed E-state index contributed by atoms with van der Waals surface area (Å²) >= 11 is 6.80. The van der Waals surface area contributed by atoms with E-state index in [-0.39, 0.29) is 6.04 Å². The van der Waals surface area contributed by atoms with Gasteiger partial charge in [-0.15, -0.1) is 0 Å². The third kappa shape index (κ3) is 5.23. The molecule has 0 aromatic heterocycles. The van der Waals surface area contributed by atoms with Gasteiger partial charge in [-0.05, 0) is 36.6 Å². The molecular formula is C13H17Br2NO. The van der Waals surface area contributed by atoms with Gasteiger partial charge in [-0.1, -0.05) is 45.4 Å². The Kier molecular flexibility index (Phi) is 6.23. The number of hydrogen-bond acceptors (Lipinski definition) is 2. The van der Waals surface area contributed by atoms with Gasteiger partial charge in [0.25, 0.3) is 0 Å². The molecule has 0 spiro atoms. The molecule has 0 bridgehead atoms. The van der Waals surface area contributed by atoms with Crippen molar-refractivity contribution in [2.24, 2.45) is 5.73 Å². The minimum absolute atomic E-state index is 0.188. The summed E-state index contributed by atoms with van der Waals surface area (Å²) in [7, 11) is 0. The van der Waals surface area contributed by atoms with Crippen LogP contribution in [-0.4, -0.2) is 12.6 Å². The maximum absolute atomic E-state index is 5.96. The molecule has 94 valence electrons. The Morgan fingerprint density at radius 2 is 2.24 bits per heavy atom. The van der Waals surface area contributed by atoms with E-state index in [1.54, 1.807) is 0 Å². The van der Waals surface area contributed by atoms with Gasteiger partial charge in [0.15, 0.2) is 0 Å². The average Bonchev–Trinajstić information content (AvgIpc) is 2.29. The Morgan fingerprint density at radius 1 is 1.53 bits per heavy atom. The van der Waals surface area contributed by atoms with Crippen LogP contribution in [0.15, 0.2) is 33.7 Å².